The van der Waals surface area contributed by atoms with Crippen molar-refractivity contribution in [2.75, 3.05) is 0 Å². The molecule has 0 saturated carbocycles. The average molecular weight is 977 g/mol. The fourth-order valence-corrected chi connectivity index (χ4v) is 35.0. The lowest BCUT2D eigenvalue weighted by Gasteiger charge is -2.48. The molecule has 0 aliphatic carbocycles. The maximum Gasteiger partial charge on any atom is 0.315 e. The molecule has 0 bridgehead atoms. The van der Waals surface area contributed by atoms with Gasteiger partial charge in [-0.3, -0.25) is 38.4 Å². The van der Waals surface area contributed by atoms with E-state index < -0.39 is 93.6 Å². The molecule has 5 heterocycles. The standard InChI is InChI=1S/C42H64N4O15Si4/c1-8-33(49)45-37(53)24-29(41(45)57)14-10-18-62-26-63(5,19-11-15-32-25-38(54)46(42(32)58)34(50)9-2)60-65(7,21-13-17-31-23-36(52)44(28(4)48)40(31)56)61-64(6,59-62)20-12-16-30-22-35(51)43(27(3)47)39(30)55/h22-23,29,32,51-52,55-56,62H,8-21,24-26H2,1-7H3. The molecule has 3 aliphatic heterocycles. The molecule has 3 fully saturated rings. The maximum atomic E-state index is 13.2. The lowest BCUT2D eigenvalue weighted by atomic mass is 10.0. The molecule has 0 aromatic carbocycles. The van der Waals surface area contributed by atoms with Gasteiger partial charge in [0.1, 0.15) is 0 Å². The number of rotatable bonds is 18. The monoisotopic (exact) mass is 976 g/mol. The number of aromatic hydroxyl groups is 4. The fourth-order valence-electron chi connectivity index (χ4n) is 9.72. The topological polar surface area (TPSA) is 262 Å². The highest BCUT2D eigenvalue weighted by atomic mass is 28.5. The molecule has 6 unspecified atom stereocenters. The summed E-state index contributed by atoms with van der Waals surface area (Å²) in [6.45, 7) is 11.7. The number of amides is 6. The van der Waals surface area contributed by atoms with Crippen molar-refractivity contribution >= 4 is 81.7 Å². The molecule has 65 heavy (non-hydrogen) atoms. The van der Waals surface area contributed by atoms with Crippen molar-refractivity contribution in [3.05, 3.63) is 23.3 Å². The molecule has 2 aromatic rings. The van der Waals surface area contributed by atoms with Crippen molar-refractivity contribution in [3.8, 4) is 23.5 Å². The highest BCUT2D eigenvalue weighted by Gasteiger charge is 2.52. The molecule has 4 N–H and O–H groups in total. The maximum absolute atomic E-state index is 13.2. The van der Waals surface area contributed by atoms with Gasteiger partial charge in [-0.1, -0.05) is 26.7 Å². The Kier molecular flexibility index (Phi) is 16.6. The van der Waals surface area contributed by atoms with Crippen LogP contribution in [0.4, 0.5) is 0 Å². The minimum atomic E-state index is -3.24. The molecule has 6 atom stereocenters. The van der Waals surface area contributed by atoms with Crippen LogP contribution in [0.15, 0.2) is 12.1 Å². The molecular formula is C42H64N4O15Si4. The number of imide groups is 6. The Morgan fingerprint density at radius 1 is 0.662 bits per heavy atom. The van der Waals surface area contributed by atoms with E-state index in [1.807, 2.05) is 13.1 Å². The number of carbonyl (C=O) groups is 8. The quantitative estimate of drug-likeness (QED) is 0.110. The van der Waals surface area contributed by atoms with Crippen molar-refractivity contribution in [2.24, 2.45) is 11.8 Å². The van der Waals surface area contributed by atoms with Crippen molar-refractivity contribution in [3.63, 3.8) is 0 Å². The summed E-state index contributed by atoms with van der Waals surface area (Å²) in [5.74, 6) is -6.82. The zero-order valence-electron chi connectivity index (χ0n) is 38.5. The van der Waals surface area contributed by atoms with Gasteiger partial charge in [-0.15, -0.1) is 0 Å². The summed E-state index contributed by atoms with van der Waals surface area (Å²) in [7, 11) is -11.6. The summed E-state index contributed by atoms with van der Waals surface area (Å²) in [4.78, 5) is 102. The number of nitrogens with zero attached hydrogens (tertiary/aromatic N) is 4. The third-order valence-corrected chi connectivity index (χ3v) is 33.5. The first-order valence-electron chi connectivity index (χ1n) is 22.6. The molecule has 23 heteroatoms. The molecule has 5 rings (SSSR count). The second-order valence-electron chi connectivity index (χ2n) is 18.2. The Labute approximate surface area is 383 Å². The van der Waals surface area contributed by atoms with E-state index in [1.165, 1.54) is 26.0 Å². The number of aryl methyl sites for hydroxylation is 2. The van der Waals surface area contributed by atoms with Crippen LogP contribution < -0.4 is 0 Å². The number of hydrogen-bond donors (Lipinski definition) is 4. The first kappa shape index (κ1) is 51.5. The van der Waals surface area contributed by atoms with E-state index in [0.29, 0.717) is 79.5 Å². The van der Waals surface area contributed by atoms with E-state index in [0.717, 1.165) is 18.9 Å². The summed E-state index contributed by atoms with van der Waals surface area (Å²) in [5, 5.41) is 42.2. The van der Waals surface area contributed by atoms with Crippen LogP contribution >= 0.6 is 0 Å². The van der Waals surface area contributed by atoms with Gasteiger partial charge in [-0.25, -0.2) is 18.9 Å². The summed E-state index contributed by atoms with van der Waals surface area (Å²) >= 11 is 0. The van der Waals surface area contributed by atoms with Gasteiger partial charge in [0.2, 0.25) is 70.8 Å². The first-order chi connectivity index (χ1) is 30.5. The lowest BCUT2D eigenvalue weighted by Crippen LogP contribution is -2.62. The molecule has 358 valence electrons. The van der Waals surface area contributed by atoms with Gasteiger partial charge < -0.3 is 32.8 Å². The van der Waals surface area contributed by atoms with Gasteiger partial charge >= 0.3 is 17.1 Å². The summed E-state index contributed by atoms with van der Waals surface area (Å²) in [6, 6.07) is 4.76. The average Bonchev–Trinajstić information content (AvgIpc) is 3.86. The zero-order valence-corrected chi connectivity index (χ0v) is 42.6. The van der Waals surface area contributed by atoms with Crippen LogP contribution in [-0.2, 0) is 54.0 Å². The van der Waals surface area contributed by atoms with Crippen molar-refractivity contribution in [1.29, 1.82) is 0 Å². The zero-order chi connectivity index (χ0) is 48.2. The summed E-state index contributed by atoms with van der Waals surface area (Å²) in [6.07, 6.45) is 3.28. The van der Waals surface area contributed by atoms with Crippen LogP contribution in [0.5, 0.6) is 23.5 Å². The van der Waals surface area contributed by atoms with Crippen molar-refractivity contribution in [1.82, 2.24) is 18.9 Å². The molecule has 19 nitrogen and oxygen atoms in total. The van der Waals surface area contributed by atoms with E-state index in [-0.39, 0.29) is 62.0 Å². The highest BCUT2D eigenvalue weighted by Crippen LogP contribution is 2.40. The second kappa shape index (κ2) is 21.0. The van der Waals surface area contributed by atoms with Crippen LogP contribution in [0, 0.1) is 11.8 Å². The molecule has 6 amide bonds. The normalized spacial score (nSPS) is 26.2. The summed E-state index contributed by atoms with van der Waals surface area (Å²) in [5.41, 5.74) is 1.38. The van der Waals surface area contributed by atoms with Gasteiger partial charge in [0.25, 0.3) is 0 Å². The van der Waals surface area contributed by atoms with Gasteiger partial charge in [0, 0.05) is 74.6 Å². The molecule has 0 spiro atoms. The second-order valence-corrected chi connectivity index (χ2v) is 33.2. The Hall–Kier alpha value is -4.53. The van der Waals surface area contributed by atoms with E-state index in [4.69, 9.17) is 12.3 Å². The number of likely N-dealkylation sites (tertiary alicyclic amines) is 2. The molecule has 3 saturated heterocycles. The highest BCUT2D eigenvalue weighted by molar-refractivity contribution is 6.95. The Morgan fingerprint density at radius 3 is 1.54 bits per heavy atom. The number of carbonyl (C=O) groups excluding carboxylic acids is 8. The van der Waals surface area contributed by atoms with Crippen LogP contribution in [0.3, 0.4) is 0 Å². The predicted octanol–water partition coefficient (Wildman–Crippen LogP) is 5.23. The van der Waals surface area contributed by atoms with Crippen LogP contribution in [0.1, 0.15) is 113 Å². The third kappa shape index (κ3) is 11.9. The van der Waals surface area contributed by atoms with E-state index in [9.17, 15) is 58.8 Å². The number of hydrogen-bond acceptors (Lipinski definition) is 15. The van der Waals surface area contributed by atoms with Gasteiger partial charge in [-0.05, 0) is 88.0 Å². The van der Waals surface area contributed by atoms with Crippen molar-refractivity contribution in [2.45, 2.75) is 154 Å². The first-order valence-corrected chi connectivity index (χ1v) is 32.6. The molecule has 3 aliphatic rings. The third-order valence-electron chi connectivity index (χ3n) is 12.7. The van der Waals surface area contributed by atoms with Gasteiger partial charge in [0.15, 0.2) is 17.4 Å². The minimum Gasteiger partial charge on any atom is -0.494 e. The molecule has 0 radical (unpaired) electrons. The molecule has 2 aromatic heterocycles. The minimum absolute atomic E-state index is 0.0313. The van der Waals surface area contributed by atoms with E-state index in [2.05, 4.69) is 6.55 Å². The summed E-state index contributed by atoms with van der Waals surface area (Å²) < 4.78 is 23.6. The fraction of sp³-hybridized carbons (Fsp3) is 0.619. The SMILES string of the molecule is CCC(=O)N1C(=O)CC(CCC[SiH]2C[Si](C)(CCCC3CC(=O)N(C(=O)CC)C3=O)O[Si](C)(CCCc3cc(O)n(C(C)=O)c3O)O[Si](C)(CCCc3cc(O)n(C(C)=O)c3O)O2)C1=O. The predicted molar refractivity (Wildman–Crippen MR) is 243 cm³/mol. The van der Waals surface area contributed by atoms with Gasteiger partial charge in [-0.2, -0.15) is 0 Å². The van der Waals surface area contributed by atoms with Gasteiger partial charge in [0.05, 0.1) is 0 Å². The van der Waals surface area contributed by atoms with Crippen LogP contribution in [-0.4, -0.2) is 121 Å². The Bertz CT molecular complexity index is 2210. The largest absolute Gasteiger partial charge is 0.494 e. The lowest BCUT2D eigenvalue weighted by molar-refractivity contribution is -0.152. The van der Waals surface area contributed by atoms with E-state index >= 15 is 0 Å². The Balaban J connectivity index is 1.41. The van der Waals surface area contributed by atoms with Crippen molar-refractivity contribution < 1.29 is 71.1 Å². The van der Waals surface area contributed by atoms with Crippen LogP contribution in [0.25, 0.3) is 0 Å². The van der Waals surface area contributed by atoms with E-state index in [1.54, 1.807) is 13.8 Å². The smallest absolute Gasteiger partial charge is 0.315 e. The van der Waals surface area contributed by atoms with Crippen LogP contribution in [0.2, 0.25) is 49.5 Å². The number of aromatic nitrogens is 2. The Morgan fingerprint density at radius 2 is 1.11 bits per heavy atom. The molecular weight excluding hydrogens is 913 g/mol.